The molecule has 0 atom stereocenters. The molecule has 1 aliphatic carbocycles. The van der Waals surface area contributed by atoms with Gasteiger partial charge in [-0.15, -0.1) is 11.3 Å². The maximum atomic E-state index is 12.7. The van der Waals surface area contributed by atoms with E-state index in [2.05, 4.69) is 40.3 Å². The van der Waals surface area contributed by atoms with E-state index in [1.165, 1.54) is 0 Å². The summed E-state index contributed by atoms with van der Waals surface area (Å²) in [4.78, 5) is 13.6. The van der Waals surface area contributed by atoms with Gasteiger partial charge in [-0.05, 0) is 48.6 Å². The van der Waals surface area contributed by atoms with Crippen LogP contribution in [0.3, 0.4) is 0 Å². The highest BCUT2D eigenvalue weighted by molar-refractivity contribution is 7.17. The number of aryl methyl sites for hydroxylation is 1. The van der Waals surface area contributed by atoms with E-state index in [0.29, 0.717) is 0 Å². The van der Waals surface area contributed by atoms with E-state index in [-0.39, 0.29) is 5.43 Å². The first-order valence-electron chi connectivity index (χ1n) is 8.24. The van der Waals surface area contributed by atoms with Gasteiger partial charge in [0, 0.05) is 17.5 Å². The zero-order valence-corrected chi connectivity index (χ0v) is 14.7. The predicted octanol–water partition coefficient (Wildman–Crippen LogP) is 5.47. The molecule has 0 saturated heterocycles. The molecular weight excluding hydrogens is 328 g/mol. The smallest absolute Gasteiger partial charge is 0.192 e. The van der Waals surface area contributed by atoms with Gasteiger partial charge in [-0.3, -0.25) is 9.36 Å². The van der Waals surface area contributed by atoms with Crippen molar-refractivity contribution in [2.24, 2.45) is 0 Å². The Balaban J connectivity index is 1.98. The van der Waals surface area contributed by atoms with Gasteiger partial charge in [-0.1, -0.05) is 36.4 Å². The van der Waals surface area contributed by atoms with Crippen LogP contribution in [0.2, 0.25) is 0 Å². The van der Waals surface area contributed by atoms with Crippen molar-refractivity contribution in [2.75, 3.05) is 5.32 Å². The zero-order chi connectivity index (χ0) is 17.2. The molecule has 0 unspecified atom stereocenters. The summed E-state index contributed by atoms with van der Waals surface area (Å²) < 4.78 is 2.13. The SMILES string of the molecule is Cc1csc2c1c(=O)cc(Nc1ccccc1)n2C1=CC=CCC=C1. The Hall–Kier alpha value is -2.85. The Morgan fingerprint density at radius 1 is 1.16 bits per heavy atom. The fourth-order valence-corrected chi connectivity index (χ4v) is 4.09. The monoisotopic (exact) mass is 346 g/mol. The largest absolute Gasteiger partial charge is 0.341 e. The third-order valence-electron chi connectivity index (χ3n) is 4.18. The lowest BCUT2D eigenvalue weighted by atomic mass is 10.2. The van der Waals surface area contributed by atoms with E-state index in [9.17, 15) is 4.79 Å². The van der Waals surface area contributed by atoms with Gasteiger partial charge < -0.3 is 5.32 Å². The van der Waals surface area contributed by atoms with E-state index < -0.39 is 0 Å². The lowest BCUT2D eigenvalue weighted by Crippen LogP contribution is -2.12. The van der Waals surface area contributed by atoms with Crippen LogP contribution in [0.4, 0.5) is 11.5 Å². The molecule has 1 N–H and O–H groups in total. The molecule has 4 heteroatoms. The third kappa shape index (κ3) is 2.96. The van der Waals surface area contributed by atoms with Crippen LogP contribution in [0.15, 0.2) is 77.0 Å². The van der Waals surface area contributed by atoms with Crippen molar-refractivity contribution >= 4 is 38.8 Å². The Bertz CT molecular complexity index is 1070. The number of fused-ring (bicyclic) bond motifs is 1. The highest BCUT2D eigenvalue weighted by Gasteiger charge is 2.15. The van der Waals surface area contributed by atoms with Crippen LogP contribution in [0.25, 0.3) is 15.9 Å². The van der Waals surface area contributed by atoms with Gasteiger partial charge in [0.25, 0.3) is 0 Å². The summed E-state index contributed by atoms with van der Waals surface area (Å²) >= 11 is 1.60. The molecular formula is C21H18N2OS. The van der Waals surface area contributed by atoms with Crippen LogP contribution in [0.1, 0.15) is 12.0 Å². The first-order chi connectivity index (χ1) is 12.2. The maximum absolute atomic E-state index is 12.7. The molecule has 25 heavy (non-hydrogen) atoms. The van der Waals surface area contributed by atoms with Crippen LogP contribution in [-0.2, 0) is 0 Å². The number of nitrogens with zero attached hydrogens (tertiary/aromatic N) is 1. The number of rotatable bonds is 3. The zero-order valence-electron chi connectivity index (χ0n) is 13.9. The second kappa shape index (κ2) is 6.57. The summed E-state index contributed by atoms with van der Waals surface area (Å²) in [6.07, 6.45) is 11.4. The molecule has 0 amide bonds. The fourth-order valence-electron chi connectivity index (χ4n) is 3.00. The summed E-state index contributed by atoms with van der Waals surface area (Å²) in [5, 5.41) is 6.25. The molecule has 4 rings (SSSR count). The molecule has 0 radical (unpaired) electrons. The van der Waals surface area contributed by atoms with Crippen LogP contribution in [0.5, 0.6) is 0 Å². The summed E-state index contributed by atoms with van der Waals surface area (Å²) in [6.45, 7) is 1.99. The second-order valence-electron chi connectivity index (χ2n) is 5.98. The lowest BCUT2D eigenvalue weighted by molar-refractivity contribution is 1.16. The van der Waals surface area contributed by atoms with Gasteiger partial charge in [0.1, 0.15) is 10.6 Å². The van der Waals surface area contributed by atoms with Gasteiger partial charge >= 0.3 is 0 Å². The van der Waals surface area contributed by atoms with Gasteiger partial charge in [0.2, 0.25) is 0 Å². The minimum Gasteiger partial charge on any atom is -0.341 e. The normalized spacial score (nSPS) is 13.7. The lowest BCUT2D eigenvalue weighted by Gasteiger charge is -2.17. The molecule has 0 spiro atoms. The maximum Gasteiger partial charge on any atom is 0.192 e. The summed E-state index contributed by atoms with van der Waals surface area (Å²) in [5.74, 6) is 0.775. The molecule has 124 valence electrons. The highest BCUT2D eigenvalue weighted by Crippen LogP contribution is 2.31. The molecule has 0 bridgehead atoms. The first-order valence-corrected chi connectivity index (χ1v) is 9.11. The average Bonchev–Trinajstić information content (AvgIpc) is 2.83. The number of para-hydroxylation sites is 1. The number of benzene rings is 1. The average molecular weight is 346 g/mol. The van der Waals surface area contributed by atoms with Crippen molar-refractivity contribution in [3.63, 3.8) is 0 Å². The fraction of sp³-hybridized carbons (Fsp3) is 0.0952. The topological polar surface area (TPSA) is 34.0 Å². The highest BCUT2D eigenvalue weighted by atomic mass is 32.1. The van der Waals surface area contributed by atoms with E-state index >= 15 is 0 Å². The Morgan fingerprint density at radius 3 is 2.84 bits per heavy atom. The van der Waals surface area contributed by atoms with Crippen LogP contribution >= 0.6 is 11.3 Å². The molecule has 0 aliphatic heterocycles. The third-order valence-corrected chi connectivity index (χ3v) is 5.26. The van der Waals surface area contributed by atoms with Crippen molar-refractivity contribution in [2.45, 2.75) is 13.3 Å². The van der Waals surface area contributed by atoms with Crippen molar-refractivity contribution < 1.29 is 0 Å². The van der Waals surface area contributed by atoms with Crippen LogP contribution in [0, 0.1) is 6.92 Å². The molecule has 2 heterocycles. The Morgan fingerprint density at radius 2 is 2.00 bits per heavy atom. The van der Waals surface area contributed by atoms with Crippen LogP contribution in [-0.4, -0.2) is 4.57 Å². The van der Waals surface area contributed by atoms with Gasteiger partial charge in [0.15, 0.2) is 5.43 Å². The molecule has 2 aromatic heterocycles. The summed E-state index contributed by atoms with van der Waals surface area (Å²) in [7, 11) is 0. The van der Waals surface area contributed by atoms with E-state index in [1.807, 2.05) is 42.6 Å². The summed E-state index contributed by atoms with van der Waals surface area (Å²) in [6, 6.07) is 11.6. The number of anilines is 2. The van der Waals surface area contributed by atoms with Crippen molar-refractivity contribution in [1.82, 2.24) is 4.57 Å². The minimum atomic E-state index is 0.0529. The number of thiophene rings is 1. The number of aromatic nitrogens is 1. The number of allylic oxidation sites excluding steroid dienone is 6. The van der Waals surface area contributed by atoms with Gasteiger partial charge in [-0.2, -0.15) is 0 Å². The number of nitrogens with one attached hydrogen (secondary N) is 1. The molecule has 0 saturated carbocycles. The molecule has 1 aromatic carbocycles. The molecule has 0 fully saturated rings. The standard InChI is InChI=1S/C21H18N2OS/c1-15-14-25-21-20(15)18(24)13-19(22-16-9-5-4-6-10-16)23(21)17-11-7-2-3-8-12-17/h2,4-14,22H,3H2,1H3. The Kier molecular flexibility index (Phi) is 4.12. The van der Waals surface area contributed by atoms with Crippen molar-refractivity contribution in [3.8, 4) is 0 Å². The summed E-state index contributed by atoms with van der Waals surface area (Å²) in [5.41, 5.74) is 3.08. The van der Waals surface area contributed by atoms with Gasteiger partial charge in [-0.25, -0.2) is 0 Å². The van der Waals surface area contributed by atoms with Gasteiger partial charge in [0.05, 0.1) is 5.39 Å². The molecule has 3 aromatic rings. The van der Waals surface area contributed by atoms with E-state index in [1.54, 1.807) is 17.4 Å². The quantitative estimate of drug-likeness (QED) is 0.682. The van der Waals surface area contributed by atoms with E-state index in [4.69, 9.17) is 0 Å². The van der Waals surface area contributed by atoms with Crippen molar-refractivity contribution in [1.29, 1.82) is 0 Å². The van der Waals surface area contributed by atoms with Crippen molar-refractivity contribution in [3.05, 3.63) is 87.9 Å². The van der Waals surface area contributed by atoms with E-state index in [0.717, 1.165) is 39.4 Å². The van der Waals surface area contributed by atoms with Crippen LogP contribution < -0.4 is 10.7 Å². The predicted molar refractivity (Wildman–Crippen MR) is 108 cm³/mol. The molecule has 3 nitrogen and oxygen atoms in total. The molecule has 1 aliphatic rings. The first kappa shape index (κ1) is 15.7. The number of hydrogen-bond acceptors (Lipinski definition) is 3. The number of pyridine rings is 1. The Labute approximate surface area is 150 Å². The second-order valence-corrected chi connectivity index (χ2v) is 6.83. The minimum absolute atomic E-state index is 0.0529. The number of hydrogen-bond donors (Lipinski definition) is 1.